The van der Waals surface area contributed by atoms with Gasteiger partial charge in [0.05, 0.1) is 0 Å². The van der Waals surface area contributed by atoms with Gasteiger partial charge in [-0.15, -0.1) is 0 Å². The Labute approximate surface area is 76.2 Å². The zero-order chi connectivity index (χ0) is 9.10. The second-order valence-corrected chi connectivity index (χ2v) is 2.99. The van der Waals surface area contributed by atoms with E-state index >= 15 is 0 Å². The van der Waals surface area contributed by atoms with Crippen molar-refractivity contribution in [1.29, 1.82) is 0 Å². The monoisotopic (exact) mass is 178 g/mol. The fourth-order valence-electron chi connectivity index (χ4n) is 1.36. The average Bonchev–Trinajstić information content (AvgIpc) is 2.61. The number of fused-ring (bicyclic) bond motifs is 1. The second-order valence-electron chi connectivity index (χ2n) is 2.99. The summed E-state index contributed by atoms with van der Waals surface area (Å²) in [5, 5.41) is 0. The van der Waals surface area contributed by atoms with Crippen molar-refractivity contribution in [2.75, 3.05) is 0 Å². The summed E-state index contributed by atoms with van der Waals surface area (Å²) in [6.07, 6.45) is 2.29. The average molecular weight is 178 g/mol. The maximum atomic E-state index is 10.2. The third kappa shape index (κ3) is 1.70. The third-order valence-electron chi connectivity index (χ3n) is 2.04. The molecule has 1 aromatic rings. The van der Waals surface area contributed by atoms with Crippen molar-refractivity contribution in [2.45, 2.75) is 19.4 Å². The lowest BCUT2D eigenvalue weighted by molar-refractivity contribution is -0.194. The molecule has 3 heteroatoms. The largest absolute Gasteiger partial charge is 0.337 e. The fourth-order valence-corrected chi connectivity index (χ4v) is 1.36. The number of hydrogen-bond acceptors (Lipinski definition) is 3. The molecule has 2 rings (SSSR count). The van der Waals surface area contributed by atoms with Crippen LogP contribution in [0, 0.1) is 0 Å². The molecule has 68 valence electrons. The van der Waals surface area contributed by atoms with E-state index in [1.54, 1.807) is 0 Å². The third-order valence-corrected chi connectivity index (χ3v) is 2.04. The molecule has 0 atom stereocenters. The number of hydrogen-bond donors (Lipinski definition) is 0. The van der Waals surface area contributed by atoms with Crippen LogP contribution in [0.5, 0.6) is 5.75 Å². The van der Waals surface area contributed by atoms with Crippen LogP contribution in [-0.2, 0) is 22.7 Å². The molecule has 0 amide bonds. The van der Waals surface area contributed by atoms with E-state index in [1.807, 2.05) is 18.2 Å². The van der Waals surface area contributed by atoms with Crippen LogP contribution < -0.4 is 4.89 Å². The van der Waals surface area contributed by atoms with Gasteiger partial charge in [-0.05, 0) is 24.1 Å². The van der Waals surface area contributed by atoms with Crippen molar-refractivity contribution in [1.82, 2.24) is 0 Å². The Morgan fingerprint density at radius 1 is 1.46 bits per heavy atom. The van der Waals surface area contributed by atoms with Crippen LogP contribution in [0.15, 0.2) is 18.2 Å². The Bertz CT molecular complexity index is 320. The van der Waals surface area contributed by atoms with Gasteiger partial charge in [0, 0.05) is 12.0 Å². The zero-order valence-electron chi connectivity index (χ0n) is 7.16. The summed E-state index contributed by atoms with van der Waals surface area (Å²) in [6.45, 7) is 0.504. The lowest BCUT2D eigenvalue weighted by Crippen LogP contribution is -1.87. The molecule has 0 fully saturated rings. The van der Waals surface area contributed by atoms with Crippen molar-refractivity contribution in [3.8, 4) is 5.75 Å². The second kappa shape index (κ2) is 3.58. The Balaban J connectivity index is 2.16. The molecular weight excluding hydrogens is 168 g/mol. The molecule has 0 spiro atoms. The Morgan fingerprint density at radius 2 is 2.38 bits per heavy atom. The van der Waals surface area contributed by atoms with E-state index in [0.717, 1.165) is 29.6 Å². The lowest BCUT2D eigenvalue weighted by Gasteiger charge is -1.99. The molecule has 0 aliphatic carbocycles. The highest BCUT2D eigenvalue weighted by Crippen LogP contribution is 2.26. The number of rotatable bonds is 3. The van der Waals surface area contributed by atoms with Crippen LogP contribution in [0.25, 0.3) is 0 Å². The van der Waals surface area contributed by atoms with Crippen LogP contribution in [0.4, 0.5) is 0 Å². The number of aldehydes is 1. The molecule has 0 radical (unpaired) electrons. The van der Waals surface area contributed by atoms with E-state index in [-0.39, 0.29) is 0 Å². The van der Waals surface area contributed by atoms with Crippen LogP contribution >= 0.6 is 0 Å². The molecule has 13 heavy (non-hydrogen) atoms. The van der Waals surface area contributed by atoms with Crippen LogP contribution in [0.2, 0.25) is 0 Å². The minimum Gasteiger partial charge on any atom is -0.337 e. The maximum Gasteiger partial charge on any atom is 0.171 e. The van der Waals surface area contributed by atoms with Gasteiger partial charge >= 0.3 is 0 Å². The highest BCUT2D eigenvalue weighted by Gasteiger charge is 2.13. The molecule has 0 saturated carbocycles. The Hall–Kier alpha value is -1.35. The van der Waals surface area contributed by atoms with Gasteiger partial charge in [-0.25, -0.2) is 0 Å². The Morgan fingerprint density at radius 3 is 3.23 bits per heavy atom. The highest BCUT2D eigenvalue weighted by molar-refractivity contribution is 5.50. The van der Waals surface area contributed by atoms with Gasteiger partial charge < -0.3 is 9.68 Å². The van der Waals surface area contributed by atoms with E-state index in [0.29, 0.717) is 13.0 Å². The lowest BCUT2D eigenvalue weighted by atomic mass is 10.1. The minimum absolute atomic E-state index is 0.504. The van der Waals surface area contributed by atoms with Gasteiger partial charge in [0.15, 0.2) is 5.75 Å². The van der Waals surface area contributed by atoms with Gasteiger partial charge in [-0.3, -0.25) is 0 Å². The predicted octanol–water partition coefficient (Wildman–Crippen LogP) is 1.64. The van der Waals surface area contributed by atoms with Crippen molar-refractivity contribution >= 4 is 6.29 Å². The molecule has 0 N–H and O–H groups in total. The molecule has 0 unspecified atom stereocenters. The number of carbonyl (C=O) groups is 1. The van der Waals surface area contributed by atoms with E-state index in [1.165, 1.54) is 0 Å². The zero-order valence-corrected chi connectivity index (χ0v) is 7.16. The molecule has 1 aromatic carbocycles. The molecule has 0 aromatic heterocycles. The standard InChI is InChI=1S/C10H10O3/c11-5-1-2-8-3-4-10-9(6-8)7-12-13-10/h3-6H,1-2,7H2. The summed E-state index contributed by atoms with van der Waals surface area (Å²) < 4.78 is 0. The molecule has 1 aliphatic rings. The summed E-state index contributed by atoms with van der Waals surface area (Å²) in [5.41, 5.74) is 2.21. The van der Waals surface area contributed by atoms with Crippen LogP contribution in [0.3, 0.4) is 0 Å². The molecule has 1 aliphatic heterocycles. The van der Waals surface area contributed by atoms with E-state index in [4.69, 9.17) is 9.78 Å². The SMILES string of the molecule is O=CCCc1ccc2c(c1)COO2. The Kier molecular flexibility index (Phi) is 2.27. The van der Waals surface area contributed by atoms with E-state index < -0.39 is 0 Å². The predicted molar refractivity (Wildman–Crippen MR) is 46.2 cm³/mol. The quantitative estimate of drug-likeness (QED) is 0.521. The van der Waals surface area contributed by atoms with E-state index in [2.05, 4.69) is 0 Å². The minimum atomic E-state index is 0.504. The van der Waals surface area contributed by atoms with Crippen molar-refractivity contribution in [2.24, 2.45) is 0 Å². The van der Waals surface area contributed by atoms with Crippen LogP contribution in [0.1, 0.15) is 17.5 Å². The van der Waals surface area contributed by atoms with Gasteiger partial charge in [-0.1, -0.05) is 6.07 Å². The summed E-state index contributed by atoms with van der Waals surface area (Å²) in [4.78, 5) is 19.9. The van der Waals surface area contributed by atoms with Gasteiger partial charge in [-0.2, -0.15) is 4.89 Å². The maximum absolute atomic E-state index is 10.2. The van der Waals surface area contributed by atoms with Gasteiger partial charge in [0.1, 0.15) is 12.9 Å². The fraction of sp³-hybridized carbons (Fsp3) is 0.300. The smallest absolute Gasteiger partial charge is 0.171 e. The topological polar surface area (TPSA) is 35.5 Å². The highest BCUT2D eigenvalue weighted by atomic mass is 17.2. The summed E-state index contributed by atoms with van der Waals surface area (Å²) >= 11 is 0. The van der Waals surface area contributed by atoms with Gasteiger partial charge in [0.25, 0.3) is 0 Å². The molecule has 3 nitrogen and oxygen atoms in total. The first-order chi connectivity index (χ1) is 6.40. The summed E-state index contributed by atoms with van der Waals surface area (Å²) in [6, 6.07) is 5.85. The number of aryl methyl sites for hydroxylation is 1. The molecule has 0 bridgehead atoms. The van der Waals surface area contributed by atoms with Crippen molar-refractivity contribution in [3.05, 3.63) is 29.3 Å². The molecule has 1 heterocycles. The first-order valence-corrected chi connectivity index (χ1v) is 4.25. The van der Waals surface area contributed by atoms with Crippen molar-refractivity contribution in [3.63, 3.8) is 0 Å². The summed E-state index contributed by atoms with van der Waals surface area (Å²) in [7, 11) is 0. The normalized spacial score (nSPS) is 13.5. The molecule has 0 saturated heterocycles. The first-order valence-electron chi connectivity index (χ1n) is 4.25. The van der Waals surface area contributed by atoms with E-state index in [9.17, 15) is 4.79 Å². The first kappa shape index (κ1) is 8.26. The molecular formula is C10H10O3. The van der Waals surface area contributed by atoms with Gasteiger partial charge in [0.2, 0.25) is 0 Å². The van der Waals surface area contributed by atoms with Crippen LogP contribution in [-0.4, -0.2) is 6.29 Å². The van der Waals surface area contributed by atoms with Crippen molar-refractivity contribution < 1.29 is 14.6 Å². The summed E-state index contributed by atoms with van der Waals surface area (Å²) in [5.74, 6) is 0.787. The number of carbonyl (C=O) groups excluding carboxylic acids is 1. The number of benzene rings is 1.